The maximum absolute atomic E-state index is 13.0. The molecule has 1 unspecified atom stereocenters. The normalized spacial score (nSPS) is 20.5. The maximum Gasteiger partial charge on any atom is 0.387 e. The van der Waals surface area contributed by atoms with E-state index in [0.29, 0.717) is 5.56 Å². The van der Waals surface area contributed by atoms with Gasteiger partial charge in [-0.2, -0.15) is 8.78 Å². The first-order valence-electron chi connectivity index (χ1n) is 6.29. The van der Waals surface area contributed by atoms with E-state index in [2.05, 4.69) is 15.4 Å². The second-order valence-corrected chi connectivity index (χ2v) is 4.70. The van der Waals surface area contributed by atoms with Crippen molar-refractivity contribution in [3.8, 4) is 5.75 Å². The van der Waals surface area contributed by atoms with Crippen molar-refractivity contribution in [1.29, 1.82) is 0 Å². The number of hydrogen-bond donors (Lipinski definition) is 2. The Kier molecular flexibility index (Phi) is 4.66. The molecule has 116 valence electrons. The smallest absolute Gasteiger partial charge is 0.387 e. The quantitative estimate of drug-likeness (QED) is 0.817. The number of para-hydroxylation sites is 1. The molecule has 1 atom stereocenters. The molecule has 2 rings (SSSR count). The van der Waals surface area contributed by atoms with Crippen LogP contribution in [0.1, 0.15) is 12.0 Å². The van der Waals surface area contributed by atoms with Crippen LogP contribution in [-0.4, -0.2) is 31.0 Å². The van der Waals surface area contributed by atoms with E-state index >= 15 is 0 Å². The number of hydrogen-bond acceptors (Lipinski definition) is 3. The fraction of sp³-hybridized carbons (Fsp3) is 0.462. The number of halogens is 4. The van der Waals surface area contributed by atoms with Crippen LogP contribution in [0.25, 0.3) is 0 Å². The van der Waals surface area contributed by atoms with Crippen LogP contribution in [0.4, 0.5) is 17.6 Å². The van der Waals surface area contributed by atoms with Gasteiger partial charge in [-0.05, 0) is 6.07 Å². The van der Waals surface area contributed by atoms with Crippen molar-refractivity contribution in [2.24, 2.45) is 0 Å². The van der Waals surface area contributed by atoms with Gasteiger partial charge >= 0.3 is 6.61 Å². The average molecular weight is 306 g/mol. The minimum absolute atomic E-state index is 0.0579. The Morgan fingerprint density at radius 3 is 2.76 bits per heavy atom. The number of rotatable bonds is 5. The van der Waals surface area contributed by atoms with Crippen LogP contribution in [-0.2, 0) is 11.3 Å². The molecular formula is C13H14F4N2O2. The summed E-state index contributed by atoms with van der Waals surface area (Å²) < 4.78 is 54.7. The third kappa shape index (κ3) is 4.32. The number of alkyl halides is 4. The highest BCUT2D eigenvalue weighted by atomic mass is 19.3. The molecule has 1 saturated heterocycles. The summed E-state index contributed by atoms with van der Waals surface area (Å²) in [7, 11) is 0. The molecule has 1 aromatic rings. The summed E-state index contributed by atoms with van der Waals surface area (Å²) in [6.45, 7) is -3.60. The van der Waals surface area contributed by atoms with Crippen molar-refractivity contribution in [3.05, 3.63) is 29.8 Å². The number of benzene rings is 1. The van der Waals surface area contributed by atoms with Crippen molar-refractivity contribution < 1.29 is 27.1 Å². The van der Waals surface area contributed by atoms with Gasteiger partial charge in [0.05, 0.1) is 12.6 Å². The zero-order valence-electron chi connectivity index (χ0n) is 10.9. The minimum atomic E-state index is -2.97. The van der Waals surface area contributed by atoms with Crippen LogP contribution in [0.15, 0.2) is 24.3 Å². The van der Waals surface area contributed by atoms with Gasteiger partial charge in [0.25, 0.3) is 5.92 Å². The fourth-order valence-electron chi connectivity index (χ4n) is 2.07. The van der Waals surface area contributed by atoms with E-state index < -0.39 is 37.4 Å². The summed E-state index contributed by atoms with van der Waals surface area (Å²) in [6, 6.07) is 4.98. The second kappa shape index (κ2) is 6.30. The highest BCUT2D eigenvalue weighted by Gasteiger charge is 2.42. The van der Waals surface area contributed by atoms with E-state index in [4.69, 9.17) is 0 Å². The molecule has 8 heteroatoms. The summed E-state index contributed by atoms with van der Waals surface area (Å²) in [5.74, 6) is -3.56. The second-order valence-electron chi connectivity index (χ2n) is 4.70. The van der Waals surface area contributed by atoms with Crippen LogP contribution in [0.3, 0.4) is 0 Å². The summed E-state index contributed by atoms with van der Waals surface area (Å²) in [4.78, 5) is 11.7. The lowest BCUT2D eigenvalue weighted by atomic mass is 10.1. The maximum atomic E-state index is 13.0. The van der Waals surface area contributed by atoms with Gasteiger partial charge in [-0.3, -0.25) is 10.1 Å². The first kappa shape index (κ1) is 15.6. The third-order valence-corrected chi connectivity index (χ3v) is 3.07. The molecule has 1 aliphatic rings. The van der Waals surface area contributed by atoms with Gasteiger partial charge in [0.1, 0.15) is 5.75 Å². The van der Waals surface area contributed by atoms with Crippen molar-refractivity contribution in [2.45, 2.75) is 31.5 Å². The molecule has 1 fully saturated rings. The summed E-state index contributed by atoms with van der Waals surface area (Å²) >= 11 is 0. The van der Waals surface area contributed by atoms with Crippen molar-refractivity contribution in [2.75, 3.05) is 6.54 Å². The number of carbonyl (C=O) groups excluding carboxylic acids is 1. The van der Waals surface area contributed by atoms with Gasteiger partial charge in [0.2, 0.25) is 5.91 Å². The zero-order valence-corrected chi connectivity index (χ0v) is 10.9. The van der Waals surface area contributed by atoms with Crippen LogP contribution in [0.5, 0.6) is 5.75 Å². The van der Waals surface area contributed by atoms with Gasteiger partial charge in [-0.15, -0.1) is 0 Å². The molecule has 21 heavy (non-hydrogen) atoms. The Bertz CT molecular complexity index is 511. The van der Waals surface area contributed by atoms with Crippen LogP contribution < -0.4 is 15.4 Å². The molecular weight excluding hydrogens is 292 g/mol. The molecule has 1 heterocycles. The fourth-order valence-corrected chi connectivity index (χ4v) is 2.07. The van der Waals surface area contributed by atoms with Crippen molar-refractivity contribution >= 4 is 5.91 Å². The van der Waals surface area contributed by atoms with Gasteiger partial charge in [0, 0.05) is 18.5 Å². The van der Waals surface area contributed by atoms with Crippen LogP contribution in [0.2, 0.25) is 0 Å². The minimum Gasteiger partial charge on any atom is -0.434 e. The van der Waals surface area contributed by atoms with E-state index in [-0.39, 0.29) is 12.3 Å². The molecule has 1 amide bonds. The summed E-state index contributed by atoms with van der Waals surface area (Å²) in [6.07, 6.45) is -0.575. The summed E-state index contributed by atoms with van der Waals surface area (Å²) in [5, 5.41) is 4.85. The molecule has 2 N–H and O–H groups in total. The van der Waals surface area contributed by atoms with Gasteiger partial charge in [-0.25, -0.2) is 8.78 Å². The van der Waals surface area contributed by atoms with Crippen LogP contribution in [0, 0.1) is 0 Å². The Morgan fingerprint density at radius 1 is 1.43 bits per heavy atom. The summed E-state index contributed by atoms with van der Waals surface area (Å²) in [5.41, 5.74) is 0.343. The lowest BCUT2D eigenvalue weighted by Gasteiger charge is -2.14. The van der Waals surface area contributed by atoms with Gasteiger partial charge < -0.3 is 10.1 Å². The molecule has 1 aliphatic heterocycles. The molecule has 4 nitrogen and oxygen atoms in total. The van der Waals surface area contributed by atoms with E-state index in [0.717, 1.165) is 0 Å². The lowest BCUT2D eigenvalue weighted by Crippen LogP contribution is -2.40. The van der Waals surface area contributed by atoms with Crippen molar-refractivity contribution in [3.63, 3.8) is 0 Å². The van der Waals surface area contributed by atoms with Gasteiger partial charge in [-0.1, -0.05) is 18.2 Å². The topological polar surface area (TPSA) is 50.4 Å². The Morgan fingerprint density at radius 2 is 2.14 bits per heavy atom. The number of amides is 1. The van der Waals surface area contributed by atoms with Crippen LogP contribution >= 0.6 is 0 Å². The number of nitrogens with one attached hydrogen (secondary N) is 2. The predicted octanol–water partition coefficient (Wildman–Crippen LogP) is 1.90. The molecule has 0 aliphatic carbocycles. The molecule has 0 radical (unpaired) electrons. The molecule has 1 aromatic carbocycles. The third-order valence-electron chi connectivity index (χ3n) is 3.07. The first-order chi connectivity index (χ1) is 9.87. The van der Waals surface area contributed by atoms with Crippen molar-refractivity contribution in [1.82, 2.24) is 10.6 Å². The number of ether oxygens (including phenoxy) is 1. The van der Waals surface area contributed by atoms with E-state index in [1.54, 1.807) is 6.07 Å². The largest absolute Gasteiger partial charge is 0.434 e. The first-order valence-corrected chi connectivity index (χ1v) is 6.29. The Balaban J connectivity index is 1.93. The average Bonchev–Trinajstić information content (AvgIpc) is 2.77. The monoisotopic (exact) mass is 306 g/mol. The molecule has 0 saturated carbocycles. The van der Waals surface area contributed by atoms with E-state index in [9.17, 15) is 22.4 Å². The number of carbonyl (C=O) groups is 1. The Hall–Kier alpha value is -1.83. The Labute approximate surface area is 118 Å². The standard InChI is InChI=1S/C13H14F4N2O2/c14-12(15)21-10-4-2-1-3-8(10)6-18-11(20)9-5-13(16,17)7-19-9/h1-4,9,12,19H,5-7H2,(H,18,20). The van der Waals surface area contributed by atoms with E-state index in [1.807, 2.05) is 0 Å². The zero-order chi connectivity index (χ0) is 15.5. The SMILES string of the molecule is O=C(NCc1ccccc1OC(F)F)C1CC(F)(F)CN1. The highest BCUT2D eigenvalue weighted by Crippen LogP contribution is 2.25. The molecule has 0 bridgehead atoms. The predicted molar refractivity (Wildman–Crippen MR) is 66.3 cm³/mol. The molecule has 0 spiro atoms. The highest BCUT2D eigenvalue weighted by molar-refractivity contribution is 5.82. The van der Waals surface area contributed by atoms with E-state index in [1.165, 1.54) is 18.2 Å². The van der Waals surface area contributed by atoms with Gasteiger partial charge in [0.15, 0.2) is 0 Å². The molecule has 0 aromatic heterocycles. The lowest BCUT2D eigenvalue weighted by molar-refractivity contribution is -0.123.